The van der Waals surface area contributed by atoms with Gasteiger partial charge < -0.3 is 29.9 Å². The minimum absolute atomic E-state index is 0.424. The van der Waals surface area contributed by atoms with Crippen LogP contribution in [0, 0.1) is 17.2 Å². The highest BCUT2D eigenvalue weighted by molar-refractivity contribution is 7.93. The summed E-state index contributed by atoms with van der Waals surface area (Å²) in [6, 6.07) is 18.1. The lowest BCUT2D eigenvalue weighted by molar-refractivity contribution is -0.257. The lowest BCUT2D eigenvalue weighted by atomic mass is 9.92. The molecule has 5 atom stereocenters. The van der Waals surface area contributed by atoms with Gasteiger partial charge in [-0.05, 0) is 59.8 Å². The molecule has 3 heterocycles. The predicted molar refractivity (Wildman–Crippen MR) is 160 cm³/mol. The number of rotatable bonds is 7. The van der Waals surface area contributed by atoms with E-state index in [4.69, 9.17) is 4.74 Å². The van der Waals surface area contributed by atoms with Gasteiger partial charge in [-0.25, -0.2) is 13.1 Å². The number of likely N-dealkylation sites (N-methyl/N-ethyl adjacent to an activating group) is 1. The Labute approximate surface area is 243 Å². The second-order valence-electron chi connectivity index (χ2n) is 10.6. The number of nitrogens with zero attached hydrogens (tertiary/aromatic N) is 3. The molecule has 0 spiro atoms. The first-order valence-electron chi connectivity index (χ1n) is 13.4. The zero-order chi connectivity index (χ0) is 29.3. The van der Waals surface area contributed by atoms with Gasteiger partial charge in [0.25, 0.3) is 10.0 Å². The fourth-order valence-electron chi connectivity index (χ4n) is 5.05. The zero-order valence-corrected chi connectivity index (χ0v) is 24.5. The number of ether oxygens (including phenoxy) is 1. The molecule has 1 aromatic heterocycles. The first kappa shape index (κ1) is 29.6. The van der Waals surface area contributed by atoms with Gasteiger partial charge in [-0.15, -0.1) is 11.3 Å². The van der Waals surface area contributed by atoms with Crippen LogP contribution in [0.15, 0.2) is 53.4 Å². The number of hydrogen-bond acceptors (Lipinski definition) is 10. The molecule has 0 amide bonds. The monoisotopic (exact) mass is 598 g/mol. The van der Waals surface area contributed by atoms with Gasteiger partial charge in [0.1, 0.15) is 18.3 Å². The molecule has 2 saturated heterocycles. The van der Waals surface area contributed by atoms with E-state index >= 15 is 0 Å². The largest absolute Gasteiger partial charge is 0.390 e. The van der Waals surface area contributed by atoms with Gasteiger partial charge in [0, 0.05) is 54.1 Å². The molecule has 0 bridgehead atoms. The number of aliphatic hydroxyl groups is 3. The fourth-order valence-corrected chi connectivity index (χ4v) is 7.02. The van der Waals surface area contributed by atoms with E-state index < -0.39 is 52.0 Å². The van der Waals surface area contributed by atoms with Crippen LogP contribution in [-0.4, -0.2) is 93.0 Å². The molecule has 218 valence electrons. The standard InChI is InChI=1S/C29H34N4O6S2/c1-18-27(34)28(35)25(39-29(18)36)17-31-41(37,38)24(16-30)15-23-7-8-26(40-23)21-4-3-20-14-22(6-5-19(20)13-21)33-11-9-32(2)10-12-33/h3-8,13-15,18,25,27-29,31,34-36H,9-12,17H2,1-2H3/b24-15+/t18-,25-,27-,28-,29?/m1/s1. The van der Waals surface area contributed by atoms with Crippen LogP contribution in [0.5, 0.6) is 0 Å². The van der Waals surface area contributed by atoms with Crippen LogP contribution < -0.4 is 9.62 Å². The van der Waals surface area contributed by atoms with E-state index in [2.05, 4.69) is 51.9 Å². The summed E-state index contributed by atoms with van der Waals surface area (Å²) < 4.78 is 33.2. The second-order valence-corrected chi connectivity index (χ2v) is 13.5. The first-order chi connectivity index (χ1) is 19.6. The normalized spacial score (nSPS) is 26.3. The summed E-state index contributed by atoms with van der Waals surface area (Å²) in [4.78, 5) is 5.75. The predicted octanol–water partition coefficient (Wildman–Crippen LogP) is 2.18. The molecular weight excluding hydrogens is 564 g/mol. The number of sulfonamides is 1. The molecule has 5 rings (SSSR count). The third kappa shape index (κ3) is 6.48. The summed E-state index contributed by atoms with van der Waals surface area (Å²) in [7, 11) is -2.11. The van der Waals surface area contributed by atoms with E-state index in [-0.39, 0.29) is 0 Å². The number of hydrogen-bond donors (Lipinski definition) is 4. The Bertz CT molecular complexity index is 1580. The lowest BCUT2D eigenvalue weighted by Crippen LogP contribution is -2.56. The molecule has 2 aliphatic heterocycles. The van der Waals surface area contributed by atoms with Crippen molar-refractivity contribution >= 4 is 43.9 Å². The maximum atomic E-state index is 12.9. The van der Waals surface area contributed by atoms with Crippen LogP contribution in [0.2, 0.25) is 0 Å². The number of nitriles is 1. The second kappa shape index (κ2) is 12.2. The van der Waals surface area contributed by atoms with Crippen molar-refractivity contribution in [2.75, 3.05) is 44.7 Å². The molecule has 2 aliphatic rings. The minimum Gasteiger partial charge on any atom is -0.390 e. The molecule has 0 aliphatic carbocycles. The van der Waals surface area contributed by atoms with Crippen molar-refractivity contribution in [3.05, 3.63) is 58.3 Å². The van der Waals surface area contributed by atoms with E-state index in [0.29, 0.717) is 4.88 Å². The number of benzene rings is 2. The Morgan fingerprint density at radius 2 is 1.78 bits per heavy atom. The van der Waals surface area contributed by atoms with Gasteiger partial charge in [0.05, 0.1) is 6.10 Å². The van der Waals surface area contributed by atoms with Gasteiger partial charge in [-0.3, -0.25) is 0 Å². The summed E-state index contributed by atoms with van der Waals surface area (Å²) in [6.07, 6.45) is -3.91. The van der Waals surface area contributed by atoms with Gasteiger partial charge in [-0.1, -0.05) is 25.1 Å². The average molecular weight is 599 g/mol. The first-order valence-corrected chi connectivity index (χ1v) is 15.7. The van der Waals surface area contributed by atoms with Gasteiger partial charge in [-0.2, -0.15) is 5.26 Å². The van der Waals surface area contributed by atoms with Gasteiger partial charge in [0.2, 0.25) is 0 Å². The number of piperazine rings is 1. The van der Waals surface area contributed by atoms with E-state index in [1.165, 1.54) is 30.0 Å². The molecule has 12 heteroatoms. The highest BCUT2D eigenvalue weighted by Gasteiger charge is 2.41. The number of anilines is 1. The third-order valence-corrected chi connectivity index (χ3v) is 10.2. The van der Waals surface area contributed by atoms with Gasteiger partial charge >= 0.3 is 0 Å². The Morgan fingerprint density at radius 3 is 2.51 bits per heavy atom. The summed E-state index contributed by atoms with van der Waals surface area (Å²) in [6.45, 7) is 5.18. The Morgan fingerprint density at radius 1 is 1.07 bits per heavy atom. The Balaban J connectivity index is 1.29. The molecule has 1 unspecified atom stereocenters. The van der Waals surface area contributed by atoms with Crippen molar-refractivity contribution in [3.8, 4) is 16.5 Å². The van der Waals surface area contributed by atoms with Crippen LogP contribution in [0.4, 0.5) is 5.69 Å². The topological polar surface area (TPSA) is 146 Å². The molecule has 41 heavy (non-hydrogen) atoms. The summed E-state index contributed by atoms with van der Waals surface area (Å²) in [5.41, 5.74) is 2.20. The number of fused-ring (bicyclic) bond motifs is 1. The van der Waals surface area contributed by atoms with Gasteiger partial charge in [0.15, 0.2) is 11.2 Å². The van der Waals surface area contributed by atoms with Crippen LogP contribution >= 0.6 is 11.3 Å². The minimum atomic E-state index is -4.25. The number of thiophene rings is 1. The van der Waals surface area contributed by atoms with Crippen LogP contribution in [-0.2, 0) is 14.8 Å². The number of nitrogens with one attached hydrogen (secondary N) is 1. The molecule has 4 N–H and O–H groups in total. The SMILES string of the molecule is C[C@H]1C(O)O[C@H](CNS(=O)(=O)/C(C#N)=C/c2ccc(-c3ccc4cc(N5CCN(C)CC5)ccc4c3)s2)[C@@H](O)[C@@H]1O. The van der Waals surface area contributed by atoms with E-state index in [1.54, 1.807) is 12.1 Å². The Hall–Kier alpha value is -2.86. The van der Waals surface area contributed by atoms with Crippen molar-refractivity contribution in [2.45, 2.75) is 31.5 Å². The van der Waals surface area contributed by atoms with Crippen LogP contribution in [0.1, 0.15) is 11.8 Å². The van der Waals surface area contributed by atoms with Crippen molar-refractivity contribution in [1.82, 2.24) is 9.62 Å². The molecular formula is C29H34N4O6S2. The number of aliphatic hydroxyl groups excluding tert-OH is 3. The maximum absolute atomic E-state index is 12.9. The van der Waals surface area contributed by atoms with Crippen LogP contribution in [0.25, 0.3) is 27.3 Å². The molecule has 10 nitrogen and oxygen atoms in total. The van der Waals surface area contributed by atoms with Crippen LogP contribution in [0.3, 0.4) is 0 Å². The zero-order valence-electron chi connectivity index (χ0n) is 22.8. The fraction of sp³-hybridized carbons (Fsp3) is 0.414. The maximum Gasteiger partial charge on any atom is 0.250 e. The third-order valence-electron chi connectivity index (χ3n) is 7.78. The van der Waals surface area contributed by atoms with E-state index in [1.807, 2.05) is 12.1 Å². The van der Waals surface area contributed by atoms with E-state index in [0.717, 1.165) is 47.4 Å². The molecule has 2 fully saturated rings. The Kier molecular flexibility index (Phi) is 8.79. The highest BCUT2D eigenvalue weighted by atomic mass is 32.2. The van der Waals surface area contributed by atoms with Crippen molar-refractivity contribution in [3.63, 3.8) is 0 Å². The summed E-state index contributed by atoms with van der Waals surface area (Å²) in [5.74, 6) is -0.734. The summed E-state index contributed by atoms with van der Waals surface area (Å²) >= 11 is 1.36. The van der Waals surface area contributed by atoms with Crippen molar-refractivity contribution in [1.29, 1.82) is 5.26 Å². The summed E-state index contributed by atoms with van der Waals surface area (Å²) in [5, 5.41) is 42.0. The smallest absolute Gasteiger partial charge is 0.250 e. The number of allylic oxidation sites excluding steroid dienone is 1. The molecule has 3 aromatic rings. The van der Waals surface area contributed by atoms with Crippen molar-refractivity contribution in [2.24, 2.45) is 5.92 Å². The average Bonchev–Trinajstić information content (AvgIpc) is 3.44. The highest BCUT2D eigenvalue weighted by Crippen LogP contribution is 2.33. The lowest BCUT2D eigenvalue weighted by Gasteiger charge is -2.39. The van der Waals surface area contributed by atoms with Crippen molar-refractivity contribution < 1.29 is 28.5 Å². The molecule has 0 saturated carbocycles. The molecule has 2 aromatic carbocycles. The quantitative estimate of drug-likeness (QED) is 0.301. The molecule has 0 radical (unpaired) electrons. The van der Waals surface area contributed by atoms with E-state index in [9.17, 15) is 29.0 Å².